The Morgan fingerprint density at radius 1 is 1.12 bits per heavy atom. The summed E-state index contributed by atoms with van der Waals surface area (Å²) in [6.45, 7) is 8.13. The van der Waals surface area contributed by atoms with Gasteiger partial charge in [0.2, 0.25) is 0 Å². The second-order valence-corrected chi connectivity index (χ2v) is 8.15. The van der Waals surface area contributed by atoms with Crippen LogP contribution in [0.2, 0.25) is 0 Å². The van der Waals surface area contributed by atoms with E-state index in [-0.39, 0.29) is 17.9 Å². The van der Waals surface area contributed by atoms with Crippen LogP contribution in [-0.2, 0) is 0 Å². The number of aryl methyl sites for hydroxylation is 1. The second kappa shape index (κ2) is 9.13. The lowest BCUT2D eigenvalue weighted by molar-refractivity contribution is 0.0934. The molecule has 0 aliphatic carbocycles. The van der Waals surface area contributed by atoms with E-state index < -0.39 is 0 Å². The molecule has 2 aromatic carbocycles. The van der Waals surface area contributed by atoms with E-state index in [1.54, 1.807) is 17.1 Å². The fourth-order valence-electron chi connectivity index (χ4n) is 3.59. The highest BCUT2D eigenvalue weighted by Gasteiger charge is 2.19. The van der Waals surface area contributed by atoms with Gasteiger partial charge in [0, 0.05) is 23.9 Å². The van der Waals surface area contributed by atoms with E-state index in [1.165, 1.54) is 5.56 Å². The Morgan fingerprint density at radius 3 is 2.56 bits per heavy atom. The Morgan fingerprint density at radius 2 is 1.91 bits per heavy atom. The number of rotatable bonds is 7. The monoisotopic (exact) mass is 429 g/mol. The molecule has 2 N–H and O–H groups in total. The molecule has 0 saturated heterocycles. The zero-order valence-corrected chi connectivity index (χ0v) is 18.7. The molecule has 2 heterocycles. The van der Waals surface area contributed by atoms with Crippen LogP contribution in [-0.4, -0.2) is 36.1 Å². The van der Waals surface area contributed by atoms with Crippen molar-refractivity contribution in [2.24, 2.45) is 0 Å². The summed E-state index contributed by atoms with van der Waals surface area (Å²) in [7, 11) is 0. The Labute approximate surface area is 187 Å². The van der Waals surface area contributed by atoms with Gasteiger partial charge in [-0.05, 0) is 53.1 Å². The fourth-order valence-corrected chi connectivity index (χ4v) is 3.59. The molecular weight excluding hydrogens is 402 g/mol. The van der Waals surface area contributed by atoms with Gasteiger partial charge in [-0.1, -0.05) is 50.6 Å². The molecule has 0 aliphatic rings. The lowest BCUT2D eigenvalue weighted by atomic mass is 10.00. The van der Waals surface area contributed by atoms with Crippen LogP contribution in [0.4, 0.5) is 0 Å². The summed E-state index contributed by atoms with van der Waals surface area (Å²) in [5.74, 6) is 1.43. The lowest BCUT2D eigenvalue weighted by Gasteiger charge is -2.16. The third kappa shape index (κ3) is 4.44. The van der Waals surface area contributed by atoms with Crippen molar-refractivity contribution in [1.82, 2.24) is 35.5 Å². The minimum absolute atomic E-state index is 0.133. The predicted molar refractivity (Wildman–Crippen MR) is 123 cm³/mol. The molecule has 0 bridgehead atoms. The molecule has 164 valence electrons. The summed E-state index contributed by atoms with van der Waals surface area (Å²) in [5, 5.41) is 15.3. The molecule has 8 nitrogen and oxygen atoms in total. The third-order valence-electron chi connectivity index (χ3n) is 5.38. The van der Waals surface area contributed by atoms with Crippen molar-refractivity contribution >= 4 is 5.91 Å². The molecule has 1 unspecified atom stereocenters. The van der Waals surface area contributed by atoms with Crippen LogP contribution in [0.3, 0.4) is 0 Å². The predicted octanol–water partition coefficient (Wildman–Crippen LogP) is 4.37. The van der Waals surface area contributed by atoms with Gasteiger partial charge in [0.05, 0.1) is 11.7 Å². The van der Waals surface area contributed by atoms with Gasteiger partial charge in [0.1, 0.15) is 5.82 Å². The summed E-state index contributed by atoms with van der Waals surface area (Å²) >= 11 is 0. The number of aromatic nitrogens is 6. The summed E-state index contributed by atoms with van der Waals surface area (Å²) in [5.41, 5.74) is 4.39. The quantitative estimate of drug-likeness (QED) is 0.454. The number of benzene rings is 2. The number of nitrogens with one attached hydrogen (secondary N) is 2. The molecular formula is C24H27N7O. The minimum atomic E-state index is -0.205. The van der Waals surface area contributed by atoms with E-state index in [0.29, 0.717) is 12.0 Å². The normalized spacial score (nSPS) is 12.2. The molecule has 4 aromatic rings. The van der Waals surface area contributed by atoms with E-state index >= 15 is 0 Å². The average molecular weight is 430 g/mol. The Kier molecular flexibility index (Phi) is 6.11. The number of hydrogen-bond acceptors (Lipinski definition) is 5. The highest BCUT2D eigenvalue weighted by atomic mass is 16.1. The van der Waals surface area contributed by atoms with Gasteiger partial charge in [-0.2, -0.15) is 4.68 Å². The number of nitrogens with zero attached hydrogens (tertiary/aromatic N) is 5. The largest absolute Gasteiger partial charge is 0.347 e. The number of carbonyl (C=O) groups is 1. The van der Waals surface area contributed by atoms with Gasteiger partial charge in [0.15, 0.2) is 5.82 Å². The number of hydrogen-bond donors (Lipinski definition) is 2. The van der Waals surface area contributed by atoms with Gasteiger partial charge in [-0.3, -0.25) is 4.79 Å². The summed E-state index contributed by atoms with van der Waals surface area (Å²) in [6, 6.07) is 13.7. The third-order valence-corrected chi connectivity index (χ3v) is 5.38. The van der Waals surface area contributed by atoms with Crippen LogP contribution in [0.15, 0.2) is 54.9 Å². The Hall–Kier alpha value is -3.81. The first-order valence-corrected chi connectivity index (χ1v) is 10.8. The molecule has 8 heteroatoms. The molecule has 0 spiro atoms. The molecule has 0 fully saturated rings. The van der Waals surface area contributed by atoms with Gasteiger partial charge >= 0.3 is 0 Å². The first-order valence-electron chi connectivity index (χ1n) is 10.8. The first-order chi connectivity index (χ1) is 15.5. The first kappa shape index (κ1) is 21.4. The van der Waals surface area contributed by atoms with E-state index in [2.05, 4.69) is 62.0 Å². The van der Waals surface area contributed by atoms with Crippen LogP contribution in [0.5, 0.6) is 0 Å². The van der Waals surface area contributed by atoms with Gasteiger partial charge in [-0.25, -0.2) is 4.98 Å². The smallest absolute Gasteiger partial charge is 0.251 e. The molecule has 1 atom stereocenters. The highest BCUT2D eigenvalue weighted by molar-refractivity contribution is 5.96. The fraction of sp³-hybridized carbons (Fsp3) is 0.292. The van der Waals surface area contributed by atoms with Gasteiger partial charge < -0.3 is 10.3 Å². The number of tetrazole rings is 1. The van der Waals surface area contributed by atoms with Crippen molar-refractivity contribution in [3.8, 4) is 16.8 Å². The van der Waals surface area contributed by atoms with E-state index in [0.717, 1.165) is 28.5 Å². The standard InChI is InChI=1S/C24H27N7O/c1-5-21(22-25-10-11-26-22)27-24(32)19-12-18(17-8-6-16(4)7-9-17)13-20(14-19)31-23(15(2)3)28-29-30-31/h6-15,21H,5H2,1-4H3,(H,25,26)(H,27,32). The lowest BCUT2D eigenvalue weighted by Crippen LogP contribution is -2.29. The van der Waals surface area contributed by atoms with E-state index in [1.807, 2.05) is 39.0 Å². The Bertz CT molecular complexity index is 1190. The number of imidazole rings is 1. The summed E-state index contributed by atoms with van der Waals surface area (Å²) in [6.07, 6.45) is 4.16. The van der Waals surface area contributed by atoms with Crippen LogP contribution in [0.1, 0.15) is 66.7 Å². The van der Waals surface area contributed by atoms with Crippen LogP contribution in [0.25, 0.3) is 16.8 Å². The average Bonchev–Trinajstić information content (AvgIpc) is 3.50. The van der Waals surface area contributed by atoms with Crippen molar-refractivity contribution in [2.75, 3.05) is 0 Å². The van der Waals surface area contributed by atoms with Crippen LogP contribution < -0.4 is 5.32 Å². The molecule has 0 aliphatic heterocycles. The molecule has 1 amide bonds. The Balaban J connectivity index is 1.77. The van der Waals surface area contributed by atoms with Crippen LogP contribution >= 0.6 is 0 Å². The van der Waals surface area contributed by atoms with Crippen molar-refractivity contribution in [3.05, 3.63) is 77.6 Å². The highest BCUT2D eigenvalue weighted by Crippen LogP contribution is 2.26. The van der Waals surface area contributed by atoms with Crippen molar-refractivity contribution in [1.29, 1.82) is 0 Å². The number of H-pyrrole nitrogens is 1. The molecule has 0 saturated carbocycles. The maximum Gasteiger partial charge on any atom is 0.251 e. The topological polar surface area (TPSA) is 101 Å². The van der Waals surface area contributed by atoms with Crippen molar-refractivity contribution < 1.29 is 4.79 Å². The van der Waals surface area contributed by atoms with Crippen LogP contribution in [0, 0.1) is 6.92 Å². The maximum atomic E-state index is 13.3. The minimum Gasteiger partial charge on any atom is -0.347 e. The zero-order chi connectivity index (χ0) is 22.7. The second-order valence-electron chi connectivity index (χ2n) is 8.15. The molecule has 32 heavy (non-hydrogen) atoms. The van der Waals surface area contributed by atoms with Gasteiger partial charge in [0.25, 0.3) is 5.91 Å². The van der Waals surface area contributed by atoms with Gasteiger partial charge in [-0.15, -0.1) is 5.10 Å². The number of carbonyl (C=O) groups excluding carboxylic acids is 1. The zero-order valence-electron chi connectivity index (χ0n) is 18.7. The number of aromatic amines is 1. The molecule has 0 radical (unpaired) electrons. The maximum absolute atomic E-state index is 13.3. The van der Waals surface area contributed by atoms with Crippen molar-refractivity contribution in [2.45, 2.75) is 46.1 Å². The molecule has 4 rings (SSSR count). The molecule has 2 aromatic heterocycles. The van der Waals surface area contributed by atoms with E-state index in [4.69, 9.17) is 0 Å². The summed E-state index contributed by atoms with van der Waals surface area (Å²) < 4.78 is 1.70. The number of amides is 1. The van der Waals surface area contributed by atoms with E-state index in [9.17, 15) is 4.79 Å². The summed E-state index contributed by atoms with van der Waals surface area (Å²) in [4.78, 5) is 20.7. The van der Waals surface area contributed by atoms with Crippen molar-refractivity contribution in [3.63, 3.8) is 0 Å². The SMILES string of the molecule is CCC(NC(=O)c1cc(-c2ccc(C)cc2)cc(-n2nnnc2C(C)C)c1)c1ncc[nH]1.